The van der Waals surface area contributed by atoms with E-state index in [0.717, 1.165) is 31.0 Å². The Morgan fingerprint density at radius 2 is 2.17 bits per heavy atom. The van der Waals surface area contributed by atoms with Crippen molar-refractivity contribution in [2.24, 2.45) is 4.99 Å². The summed E-state index contributed by atoms with van der Waals surface area (Å²) in [5.41, 5.74) is 0.875. The van der Waals surface area contributed by atoms with Crippen molar-refractivity contribution in [3.8, 4) is 5.75 Å². The minimum Gasteiger partial charge on any atom is -0.494 e. The largest absolute Gasteiger partial charge is 0.494 e. The van der Waals surface area contributed by atoms with Gasteiger partial charge in [0.05, 0.1) is 7.11 Å². The molecule has 6 heteroatoms. The number of hydrogen-bond acceptors (Lipinski definition) is 2. The smallest absolute Gasteiger partial charge is 0.193 e. The summed E-state index contributed by atoms with van der Waals surface area (Å²) in [4.78, 5) is 6.55. The fourth-order valence-corrected chi connectivity index (χ4v) is 2.04. The zero-order valence-corrected chi connectivity index (χ0v) is 16.6. The molecule has 0 unspecified atom stereocenters. The third-order valence-electron chi connectivity index (χ3n) is 3.13. The lowest BCUT2D eigenvalue weighted by Crippen LogP contribution is -2.38. The average molecular weight is 435 g/mol. The van der Waals surface area contributed by atoms with E-state index < -0.39 is 0 Å². The minimum atomic E-state index is -0.344. The molecule has 0 saturated carbocycles. The van der Waals surface area contributed by atoms with Gasteiger partial charge in [-0.15, -0.1) is 24.0 Å². The van der Waals surface area contributed by atoms with Crippen LogP contribution >= 0.6 is 24.0 Å². The first-order valence-electron chi connectivity index (χ1n) is 7.55. The summed E-state index contributed by atoms with van der Waals surface area (Å²) < 4.78 is 18.7. The number of aliphatic imine (C=N–C) groups is 1. The number of benzene rings is 1. The number of rotatable bonds is 7. The lowest BCUT2D eigenvalue weighted by Gasteiger charge is -2.22. The number of guanidine groups is 1. The second-order valence-electron chi connectivity index (χ2n) is 4.92. The maximum absolute atomic E-state index is 13.7. The molecule has 0 aliphatic rings. The van der Waals surface area contributed by atoms with Gasteiger partial charge in [0, 0.05) is 26.7 Å². The standard InChI is InChI=1S/C17H26FN3O.HI/c1-5-7-8-11-20-17(19-6-2)21(3)13-14-9-10-16(22-4)15(18)12-14;/h5,7,9-10,12H,6,8,11,13H2,1-4H3,(H,19,20);1H/b7-5+;. The van der Waals surface area contributed by atoms with Crippen LogP contribution in [0, 0.1) is 5.82 Å². The highest BCUT2D eigenvalue weighted by Crippen LogP contribution is 2.18. The van der Waals surface area contributed by atoms with Crippen LogP contribution in [-0.2, 0) is 6.54 Å². The van der Waals surface area contributed by atoms with Gasteiger partial charge in [-0.2, -0.15) is 0 Å². The van der Waals surface area contributed by atoms with Gasteiger partial charge in [0.15, 0.2) is 17.5 Å². The van der Waals surface area contributed by atoms with Crippen LogP contribution in [-0.4, -0.2) is 38.1 Å². The number of ether oxygens (including phenoxy) is 1. The first kappa shape index (κ1) is 21.7. The van der Waals surface area contributed by atoms with Gasteiger partial charge in [0.25, 0.3) is 0 Å². The van der Waals surface area contributed by atoms with Crippen LogP contribution < -0.4 is 10.1 Å². The van der Waals surface area contributed by atoms with Crippen molar-refractivity contribution in [1.29, 1.82) is 0 Å². The Hall–Kier alpha value is -1.31. The van der Waals surface area contributed by atoms with E-state index in [4.69, 9.17) is 4.74 Å². The van der Waals surface area contributed by atoms with Crippen molar-refractivity contribution in [1.82, 2.24) is 10.2 Å². The van der Waals surface area contributed by atoms with Crippen molar-refractivity contribution < 1.29 is 9.13 Å². The molecule has 0 radical (unpaired) electrons. The van der Waals surface area contributed by atoms with Gasteiger partial charge >= 0.3 is 0 Å². The molecule has 4 nitrogen and oxygen atoms in total. The molecule has 130 valence electrons. The summed E-state index contributed by atoms with van der Waals surface area (Å²) in [5.74, 6) is 0.741. The summed E-state index contributed by atoms with van der Waals surface area (Å²) in [6.45, 7) is 6.13. The molecule has 0 aliphatic carbocycles. The van der Waals surface area contributed by atoms with E-state index >= 15 is 0 Å². The van der Waals surface area contributed by atoms with E-state index in [2.05, 4.69) is 16.4 Å². The molecule has 1 aromatic carbocycles. The number of methoxy groups -OCH3 is 1. The van der Waals surface area contributed by atoms with Gasteiger partial charge in [-0.25, -0.2) is 4.39 Å². The van der Waals surface area contributed by atoms with Crippen molar-refractivity contribution >= 4 is 29.9 Å². The minimum absolute atomic E-state index is 0. The molecule has 23 heavy (non-hydrogen) atoms. The van der Waals surface area contributed by atoms with Crippen molar-refractivity contribution in [2.45, 2.75) is 26.8 Å². The van der Waals surface area contributed by atoms with Crippen molar-refractivity contribution in [2.75, 3.05) is 27.2 Å². The molecular formula is C17H27FIN3O. The Morgan fingerprint density at radius 1 is 1.43 bits per heavy atom. The molecular weight excluding hydrogens is 408 g/mol. The van der Waals surface area contributed by atoms with Gasteiger partial charge < -0.3 is 15.0 Å². The summed E-state index contributed by atoms with van der Waals surface area (Å²) in [6, 6.07) is 5.01. The molecule has 0 atom stereocenters. The quantitative estimate of drug-likeness (QED) is 0.233. The molecule has 1 N–H and O–H groups in total. The van der Waals surface area contributed by atoms with Crippen LogP contribution in [0.15, 0.2) is 35.3 Å². The van der Waals surface area contributed by atoms with E-state index in [9.17, 15) is 4.39 Å². The van der Waals surface area contributed by atoms with Crippen LogP contribution in [0.25, 0.3) is 0 Å². The van der Waals surface area contributed by atoms with E-state index in [-0.39, 0.29) is 35.5 Å². The molecule has 0 saturated heterocycles. The number of halogens is 2. The van der Waals surface area contributed by atoms with Crippen molar-refractivity contribution in [3.05, 3.63) is 41.7 Å². The maximum atomic E-state index is 13.7. The van der Waals surface area contributed by atoms with Crippen LogP contribution in [0.2, 0.25) is 0 Å². The van der Waals surface area contributed by atoms with Gasteiger partial charge in [0.2, 0.25) is 0 Å². The second kappa shape index (κ2) is 12.2. The maximum Gasteiger partial charge on any atom is 0.193 e. The second-order valence-corrected chi connectivity index (χ2v) is 4.92. The van der Waals surface area contributed by atoms with Crippen LogP contribution in [0.5, 0.6) is 5.75 Å². The molecule has 0 heterocycles. The molecule has 1 aromatic rings. The first-order chi connectivity index (χ1) is 10.6. The molecule has 0 aliphatic heterocycles. The monoisotopic (exact) mass is 435 g/mol. The third kappa shape index (κ3) is 7.67. The number of nitrogens with zero attached hydrogens (tertiary/aromatic N) is 2. The zero-order valence-electron chi connectivity index (χ0n) is 14.3. The van der Waals surface area contributed by atoms with E-state index in [0.29, 0.717) is 6.54 Å². The predicted molar refractivity (Wildman–Crippen MR) is 105 cm³/mol. The molecule has 0 fully saturated rings. The highest BCUT2D eigenvalue weighted by Gasteiger charge is 2.09. The summed E-state index contributed by atoms with van der Waals surface area (Å²) >= 11 is 0. The molecule has 0 amide bonds. The summed E-state index contributed by atoms with van der Waals surface area (Å²) in [7, 11) is 3.41. The van der Waals surface area contributed by atoms with Crippen LogP contribution in [0.4, 0.5) is 4.39 Å². The van der Waals surface area contributed by atoms with Crippen molar-refractivity contribution in [3.63, 3.8) is 0 Å². The Bertz CT molecular complexity index is 521. The van der Waals surface area contributed by atoms with Crippen LogP contribution in [0.1, 0.15) is 25.8 Å². The number of hydrogen-bond donors (Lipinski definition) is 1. The van der Waals surface area contributed by atoms with Gasteiger partial charge in [-0.1, -0.05) is 18.2 Å². The third-order valence-corrected chi connectivity index (χ3v) is 3.13. The first-order valence-corrected chi connectivity index (χ1v) is 7.55. The highest BCUT2D eigenvalue weighted by atomic mass is 127. The Labute approximate surface area is 155 Å². The molecule has 1 rings (SSSR count). The molecule has 0 aromatic heterocycles. The zero-order chi connectivity index (χ0) is 16.4. The van der Waals surface area contributed by atoms with Crippen LogP contribution in [0.3, 0.4) is 0 Å². The fraction of sp³-hybridized carbons (Fsp3) is 0.471. The molecule has 0 bridgehead atoms. The van der Waals surface area contributed by atoms with Gasteiger partial charge in [-0.3, -0.25) is 4.99 Å². The van der Waals surface area contributed by atoms with E-state index in [1.807, 2.05) is 37.9 Å². The lowest BCUT2D eigenvalue weighted by atomic mass is 10.2. The lowest BCUT2D eigenvalue weighted by molar-refractivity contribution is 0.385. The predicted octanol–water partition coefficient (Wildman–Crippen LogP) is 3.82. The Kier molecular flexibility index (Phi) is 11.5. The molecule has 0 spiro atoms. The average Bonchev–Trinajstić information content (AvgIpc) is 2.50. The van der Waals surface area contributed by atoms with E-state index in [1.54, 1.807) is 6.07 Å². The highest BCUT2D eigenvalue weighted by molar-refractivity contribution is 14.0. The Morgan fingerprint density at radius 3 is 2.74 bits per heavy atom. The summed E-state index contributed by atoms with van der Waals surface area (Å²) in [5, 5.41) is 3.25. The normalized spacial score (nSPS) is 11.3. The SMILES string of the molecule is C/C=C/CCN=C(NCC)N(C)Cc1ccc(OC)c(F)c1.I. The fourth-order valence-electron chi connectivity index (χ4n) is 2.04. The number of nitrogens with one attached hydrogen (secondary N) is 1. The Balaban J connectivity index is 0.00000484. The van der Waals surface area contributed by atoms with Gasteiger partial charge in [0.1, 0.15) is 0 Å². The van der Waals surface area contributed by atoms with E-state index in [1.165, 1.54) is 13.2 Å². The topological polar surface area (TPSA) is 36.9 Å². The van der Waals surface area contributed by atoms with Gasteiger partial charge in [-0.05, 0) is 38.0 Å². The number of allylic oxidation sites excluding steroid dienone is 1. The summed E-state index contributed by atoms with van der Waals surface area (Å²) in [6.07, 6.45) is 5.02.